The van der Waals surface area contributed by atoms with Gasteiger partial charge in [-0.15, -0.1) is 5.10 Å². The number of carbonyl (C=O) groups is 1. The lowest BCUT2D eigenvalue weighted by atomic mass is 10.1. The fourth-order valence-corrected chi connectivity index (χ4v) is 5.99. The number of nitrogens with two attached hydrogens (primary N) is 1. The largest absolute Gasteiger partial charge is 0.492 e. The summed E-state index contributed by atoms with van der Waals surface area (Å²) in [5.74, 6) is -1.21. The number of fused-ring (bicyclic) bond motifs is 1. The highest BCUT2D eigenvalue weighted by Crippen LogP contribution is 2.51. The Kier molecular flexibility index (Phi) is 8.78. The predicted molar refractivity (Wildman–Crippen MR) is 140 cm³/mol. The number of aliphatic hydroxyl groups excluding tert-OH is 1. The molecule has 1 aliphatic heterocycles. The van der Waals surface area contributed by atoms with E-state index >= 15 is 4.39 Å². The third-order valence-corrected chi connectivity index (χ3v) is 8.27. The lowest BCUT2D eigenvalue weighted by molar-refractivity contribution is -0.145. The predicted octanol–water partition coefficient (Wildman–Crippen LogP) is 3.01. The Bertz CT molecular complexity index is 1360. The molecule has 1 saturated heterocycles. The number of aliphatic hydroxyl groups is 1. The zero-order chi connectivity index (χ0) is 28.4. The van der Waals surface area contributed by atoms with Crippen molar-refractivity contribution >= 4 is 41.1 Å². The van der Waals surface area contributed by atoms with Crippen LogP contribution in [0.5, 0.6) is 11.6 Å². The molecule has 6 atom stereocenters. The monoisotopic (exact) mass is 631 g/mol. The van der Waals surface area contributed by atoms with Crippen LogP contribution in [0.15, 0.2) is 42.5 Å². The maximum atomic E-state index is 15.8. The Morgan fingerprint density at radius 1 is 1.36 bits per heavy atom. The van der Waals surface area contributed by atoms with Crippen molar-refractivity contribution < 1.29 is 42.5 Å². The number of anilines is 1. The average molecular weight is 632 g/mol. The van der Waals surface area contributed by atoms with Gasteiger partial charge in [-0.25, -0.2) is 13.5 Å². The minimum atomic E-state index is -4.29. The number of alkyl halides is 2. The maximum absolute atomic E-state index is 15.8. The summed E-state index contributed by atoms with van der Waals surface area (Å²) in [7, 11) is -4.29. The second kappa shape index (κ2) is 11.7. The summed E-state index contributed by atoms with van der Waals surface area (Å²) >= 11 is 2.89. The second-order valence-electron chi connectivity index (χ2n) is 8.74. The first-order chi connectivity index (χ1) is 18.4. The summed E-state index contributed by atoms with van der Waals surface area (Å²) in [4.78, 5) is 15.9. The van der Waals surface area contributed by atoms with Gasteiger partial charge in [0.2, 0.25) is 16.4 Å². The first-order valence-corrected chi connectivity index (χ1v) is 14.3. The van der Waals surface area contributed by atoms with Gasteiger partial charge >= 0.3 is 13.7 Å². The van der Waals surface area contributed by atoms with Gasteiger partial charge in [0.1, 0.15) is 35.6 Å². The van der Waals surface area contributed by atoms with E-state index in [1.807, 2.05) is 6.92 Å². The van der Waals surface area contributed by atoms with Gasteiger partial charge in [-0.2, -0.15) is 10.1 Å². The molecule has 16 heteroatoms. The number of nitrogens with zero attached hydrogens (tertiary/aromatic N) is 3. The number of para-hydroxylation sites is 1. The van der Waals surface area contributed by atoms with Crippen molar-refractivity contribution in [2.45, 2.75) is 49.2 Å². The molecule has 2 unspecified atom stereocenters. The molecule has 0 radical (unpaired) electrons. The van der Waals surface area contributed by atoms with Crippen LogP contribution in [0.4, 0.5) is 10.3 Å². The molecule has 0 aliphatic carbocycles. The molecule has 4 rings (SSSR count). The highest BCUT2D eigenvalue weighted by Gasteiger charge is 2.58. The molecule has 0 saturated carbocycles. The van der Waals surface area contributed by atoms with Crippen LogP contribution < -0.4 is 15.3 Å². The number of nitrogens with one attached hydrogen (secondary N) is 1. The van der Waals surface area contributed by atoms with Crippen molar-refractivity contribution in [3.05, 3.63) is 48.2 Å². The molecule has 212 valence electrons. The molecule has 0 bridgehead atoms. The lowest BCUT2D eigenvalue weighted by Gasteiger charge is -2.24. The minimum absolute atomic E-state index is 0.101. The Hall–Kier alpha value is -2.81. The molecule has 2 aromatic heterocycles. The molecule has 3 heterocycles. The van der Waals surface area contributed by atoms with E-state index in [2.05, 4.69) is 31.1 Å². The van der Waals surface area contributed by atoms with E-state index in [4.69, 9.17) is 24.3 Å². The standard InChI is InChI=1S/C23H28BrFN5O8P/c1-3-11-35-21(33)13(2)29-39(34,38-14-7-5-4-6-8-14)36-12-17-18(31)23(24,25)19(37-17)15-9-10-16-20(32)27-22(26)28-30(15)16/h4-10,13,17-19,31H,3,11-12H2,1-2H3,(H,29,34)(H3,26,27,28,32)/t13-,17+,18?,19-,23+,39?/m0/s1. The fourth-order valence-electron chi connectivity index (χ4n) is 3.85. The van der Waals surface area contributed by atoms with Gasteiger partial charge in [-0.1, -0.05) is 25.1 Å². The molecule has 0 amide bonds. The number of nitrogen functional groups attached to an aromatic ring is 1. The minimum Gasteiger partial charge on any atom is -0.492 e. The van der Waals surface area contributed by atoms with Crippen molar-refractivity contribution in [3.8, 4) is 11.6 Å². The molecule has 1 fully saturated rings. The highest BCUT2D eigenvalue weighted by atomic mass is 79.9. The molecule has 1 aromatic carbocycles. The number of benzene rings is 1. The molecular formula is C23H28BrFN5O8P. The van der Waals surface area contributed by atoms with Crippen LogP contribution >= 0.6 is 23.7 Å². The highest BCUT2D eigenvalue weighted by molar-refractivity contribution is 9.10. The van der Waals surface area contributed by atoms with Crippen LogP contribution in [0.1, 0.15) is 32.1 Å². The third kappa shape index (κ3) is 6.34. The SMILES string of the molecule is CCCOC(=O)[C@H](C)NP(=O)(OC[C@H]1O[C@@H](c2ccc3c(O)nc(N)nn23)[C@@](F)(Br)C1O)Oc1ccccc1. The zero-order valence-electron chi connectivity index (χ0n) is 20.9. The van der Waals surface area contributed by atoms with Gasteiger partial charge in [0.25, 0.3) is 0 Å². The van der Waals surface area contributed by atoms with Crippen LogP contribution in [-0.4, -0.2) is 66.8 Å². The number of ether oxygens (including phenoxy) is 2. The second-order valence-corrected chi connectivity index (χ2v) is 11.6. The van der Waals surface area contributed by atoms with E-state index in [9.17, 15) is 19.6 Å². The zero-order valence-corrected chi connectivity index (χ0v) is 23.4. The smallest absolute Gasteiger partial charge is 0.459 e. The van der Waals surface area contributed by atoms with Crippen LogP contribution in [0.25, 0.3) is 5.52 Å². The topological polar surface area (TPSA) is 180 Å². The molecule has 0 spiro atoms. The summed E-state index contributed by atoms with van der Waals surface area (Å²) in [6.07, 6.45) is -4.02. The third-order valence-electron chi connectivity index (χ3n) is 5.74. The number of aromatic nitrogens is 3. The van der Waals surface area contributed by atoms with Crippen molar-refractivity contribution in [2.75, 3.05) is 18.9 Å². The van der Waals surface area contributed by atoms with Crippen molar-refractivity contribution in [1.29, 1.82) is 0 Å². The summed E-state index contributed by atoms with van der Waals surface area (Å²) in [6.45, 7) is 2.82. The number of rotatable bonds is 11. The number of carbonyl (C=O) groups excluding carboxylic acids is 1. The van der Waals surface area contributed by atoms with Gasteiger partial charge in [0.05, 0.1) is 18.9 Å². The molecule has 39 heavy (non-hydrogen) atoms. The van der Waals surface area contributed by atoms with Gasteiger partial charge in [-0.3, -0.25) is 9.32 Å². The molecule has 13 nitrogen and oxygen atoms in total. The normalized spacial score (nSPS) is 25.3. The molecule has 5 N–H and O–H groups in total. The van der Waals surface area contributed by atoms with Gasteiger partial charge < -0.3 is 29.9 Å². The first-order valence-electron chi connectivity index (χ1n) is 11.9. The molecule has 1 aliphatic rings. The van der Waals surface area contributed by atoms with Gasteiger partial charge in [0.15, 0.2) is 0 Å². The van der Waals surface area contributed by atoms with Crippen LogP contribution in [0.2, 0.25) is 0 Å². The van der Waals surface area contributed by atoms with E-state index < -0.39 is 55.1 Å². The number of hydrogen-bond acceptors (Lipinski definition) is 11. The Morgan fingerprint density at radius 3 is 2.77 bits per heavy atom. The van der Waals surface area contributed by atoms with Crippen LogP contribution in [0.3, 0.4) is 0 Å². The Morgan fingerprint density at radius 2 is 2.08 bits per heavy atom. The average Bonchev–Trinajstić information content (AvgIpc) is 3.39. The first kappa shape index (κ1) is 29.2. The van der Waals surface area contributed by atoms with E-state index in [1.165, 1.54) is 31.2 Å². The van der Waals surface area contributed by atoms with Crippen molar-refractivity contribution in [3.63, 3.8) is 0 Å². The van der Waals surface area contributed by atoms with E-state index in [1.54, 1.807) is 18.2 Å². The Labute approximate surface area is 231 Å². The summed E-state index contributed by atoms with van der Waals surface area (Å²) in [5.41, 5.74) is 5.85. The maximum Gasteiger partial charge on any atom is 0.459 e. The van der Waals surface area contributed by atoms with E-state index in [0.717, 1.165) is 4.52 Å². The van der Waals surface area contributed by atoms with Crippen LogP contribution in [0, 0.1) is 0 Å². The summed E-state index contributed by atoms with van der Waals surface area (Å²) in [5, 5.41) is 27.3. The van der Waals surface area contributed by atoms with Crippen LogP contribution in [-0.2, 0) is 23.4 Å². The number of aromatic hydroxyl groups is 1. The fraction of sp³-hybridized carbons (Fsp3) is 0.435. The van der Waals surface area contributed by atoms with Gasteiger partial charge in [-0.05, 0) is 53.5 Å². The van der Waals surface area contributed by atoms with E-state index in [0.29, 0.717) is 6.42 Å². The lowest BCUT2D eigenvalue weighted by Crippen LogP contribution is -2.39. The van der Waals surface area contributed by atoms with Crippen molar-refractivity contribution in [1.82, 2.24) is 19.7 Å². The number of esters is 1. The molecule has 3 aromatic rings. The van der Waals surface area contributed by atoms with E-state index in [-0.39, 0.29) is 29.5 Å². The summed E-state index contributed by atoms with van der Waals surface area (Å²) in [6, 6.07) is 9.83. The summed E-state index contributed by atoms with van der Waals surface area (Å²) < 4.78 is 50.0. The number of hydrogen-bond donors (Lipinski definition) is 4. The Balaban J connectivity index is 1.54. The van der Waals surface area contributed by atoms with Gasteiger partial charge in [0, 0.05) is 0 Å². The molecular weight excluding hydrogens is 604 g/mol. The number of halogens is 2. The quantitative estimate of drug-likeness (QED) is 0.138. The van der Waals surface area contributed by atoms with Crippen molar-refractivity contribution in [2.24, 2.45) is 0 Å².